The van der Waals surface area contributed by atoms with Crippen molar-refractivity contribution in [3.05, 3.63) is 0 Å². The summed E-state index contributed by atoms with van der Waals surface area (Å²) in [6.45, 7) is 4.93. The minimum absolute atomic E-state index is 0.0743. The highest BCUT2D eigenvalue weighted by Crippen LogP contribution is 2.28. The maximum Gasteiger partial charge on any atom is 0.0718 e. The Balaban J connectivity index is 1.65. The Morgan fingerprint density at radius 2 is 1.64 bits per heavy atom. The molecule has 22 heavy (non-hydrogen) atoms. The van der Waals surface area contributed by atoms with Gasteiger partial charge in [0.2, 0.25) is 0 Å². The van der Waals surface area contributed by atoms with Gasteiger partial charge in [0.15, 0.2) is 0 Å². The lowest BCUT2D eigenvalue weighted by Crippen LogP contribution is -2.48. The highest BCUT2D eigenvalue weighted by molar-refractivity contribution is 4.84. The summed E-state index contributed by atoms with van der Waals surface area (Å²) in [6, 6.07) is 0.339. The molecule has 3 atom stereocenters. The van der Waals surface area contributed by atoms with Gasteiger partial charge >= 0.3 is 0 Å². The van der Waals surface area contributed by atoms with Crippen LogP contribution in [-0.2, 0) is 4.74 Å². The van der Waals surface area contributed by atoms with Crippen molar-refractivity contribution >= 4 is 0 Å². The molecule has 0 saturated heterocycles. The standard InChI is InChI=1S/C18H35NO3/c1-13(12-22-17-6-4-3-5-7-17)19-14(2)18(21)15-8-10-16(20)11-9-15/h13-21H,3-12H2,1-2H3. The fraction of sp³-hybridized carbons (Fsp3) is 1.00. The second-order valence-corrected chi connectivity index (χ2v) is 7.51. The zero-order valence-corrected chi connectivity index (χ0v) is 14.3. The second-order valence-electron chi connectivity index (χ2n) is 7.51. The zero-order chi connectivity index (χ0) is 15.9. The number of hydrogen-bond donors (Lipinski definition) is 3. The van der Waals surface area contributed by atoms with Crippen molar-refractivity contribution in [2.45, 2.75) is 102 Å². The van der Waals surface area contributed by atoms with E-state index >= 15 is 0 Å². The lowest BCUT2D eigenvalue weighted by Gasteiger charge is -2.34. The van der Waals surface area contributed by atoms with Gasteiger partial charge < -0.3 is 20.3 Å². The molecule has 4 heteroatoms. The van der Waals surface area contributed by atoms with Crippen LogP contribution in [0.2, 0.25) is 0 Å². The van der Waals surface area contributed by atoms with Crippen LogP contribution in [0.5, 0.6) is 0 Å². The molecule has 0 aliphatic heterocycles. The number of rotatable bonds is 7. The SMILES string of the molecule is CC(COC1CCCCC1)NC(C)C(O)C1CCC(O)CC1. The van der Waals surface area contributed by atoms with Crippen LogP contribution in [0, 0.1) is 5.92 Å². The summed E-state index contributed by atoms with van der Waals surface area (Å²) in [5.74, 6) is 0.317. The van der Waals surface area contributed by atoms with Crippen LogP contribution in [0.4, 0.5) is 0 Å². The first kappa shape index (κ1) is 18.2. The molecule has 130 valence electrons. The van der Waals surface area contributed by atoms with E-state index in [1.807, 2.05) is 0 Å². The van der Waals surface area contributed by atoms with Gasteiger partial charge in [0.25, 0.3) is 0 Å². The van der Waals surface area contributed by atoms with Gasteiger partial charge in [-0.1, -0.05) is 19.3 Å². The van der Waals surface area contributed by atoms with E-state index < -0.39 is 0 Å². The van der Waals surface area contributed by atoms with Crippen molar-refractivity contribution in [2.75, 3.05) is 6.61 Å². The largest absolute Gasteiger partial charge is 0.393 e. The summed E-state index contributed by atoms with van der Waals surface area (Å²) in [5, 5.41) is 23.6. The summed E-state index contributed by atoms with van der Waals surface area (Å²) in [5.41, 5.74) is 0. The van der Waals surface area contributed by atoms with Crippen molar-refractivity contribution in [3.63, 3.8) is 0 Å². The quantitative estimate of drug-likeness (QED) is 0.676. The third-order valence-corrected chi connectivity index (χ3v) is 5.42. The molecular weight excluding hydrogens is 278 g/mol. The highest BCUT2D eigenvalue weighted by Gasteiger charge is 2.29. The molecule has 3 unspecified atom stereocenters. The average Bonchev–Trinajstić information content (AvgIpc) is 2.54. The van der Waals surface area contributed by atoms with Crippen LogP contribution in [0.3, 0.4) is 0 Å². The third-order valence-electron chi connectivity index (χ3n) is 5.42. The Kier molecular flexibility index (Phi) is 7.61. The monoisotopic (exact) mass is 313 g/mol. The first-order chi connectivity index (χ1) is 10.6. The Morgan fingerprint density at radius 3 is 2.27 bits per heavy atom. The lowest BCUT2D eigenvalue weighted by atomic mass is 9.81. The van der Waals surface area contributed by atoms with E-state index in [2.05, 4.69) is 19.2 Å². The van der Waals surface area contributed by atoms with Gasteiger partial charge in [0.05, 0.1) is 24.9 Å². The smallest absolute Gasteiger partial charge is 0.0718 e. The Bertz CT molecular complexity index is 299. The normalized spacial score (nSPS) is 31.6. The van der Waals surface area contributed by atoms with Crippen molar-refractivity contribution in [1.82, 2.24) is 5.32 Å². The third kappa shape index (κ3) is 5.80. The van der Waals surface area contributed by atoms with Crippen molar-refractivity contribution < 1.29 is 14.9 Å². The second kappa shape index (κ2) is 9.21. The molecule has 2 aliphatic carbocycles. The molecule has 0 bridgehead atoms. The molecule has 0 aromatic rings. The topological polar surface area (TPSA) is 61.7 Å². The summed E-state index contributed by atoms with van der Waals surface area (Å²) in [6.07, 6.45) is 9.84. The molecule has 0 aromatic carbocycles. The summed E-state index contributed by atoms with van der Waals surface area (Å²) >= 11 is 0. The molecular formula is C18H35NO3. The summed E-state index contributed by atoms with van der Waals surface area (Å²) < 4.78 is 6.01. The molecule has 2 rings (SSSR count). The molecule has 3 N–H and O–H groups in total. The number of nitrogens with one attached hydrogen (secondary N) is 1. The molecule has 0 amide bonds. The lowest BCUT2D eigenvalue weighted by molar-refractivity contribution is 0.00161. The van der Waals surface area contributed by atoms with Gasteiger partial charge in [-0.25, -0.2) is 0 Å². The van der Waals surface area contributed by atoms with Crippen LogP contribution < -0.4 is 5.32 Å². The maximum absolute atomic E-state index is 10.5. The molecule has 0 radical (unpaired) electrons. The van der Waals surface area contributed by atoms with Crippen LogP contribution in [-0.4, -0.2) is 47.2 Å². The van der Waals surface area contributed by atoms with Gasteiger partial charge in [-0.15, -0.1) is 0 Å². The molecule has 0 heterocycles. The van der Waals surface area contributed by atoms with Crippen molar-refractivity contribution in [2.24, 2.45) is 5.92 Å². The van der Waals surface area contributed by atoms with Crippen LogP contribution in [0.25, 0.3) is 0 Å². The average molecular weight is 313 g/mol. The molecule has 4 nitrogen and oxygen atoms in total. The van der Waals surface area contributed by atoms with Gasteiger partial charge in [-0.3, -0.25) is 0 Å². The predicted octanol–water partition coefficient (Wildman–Crippen LogP) is 2.61. The van der Waals surface area contributed by atoms with E-state index in [-0.39, 0.29) is 24.3 Å². The van der Waals surface area contributed by atoms with Crippen molar-refractivity contribution in [3.8, 4) is 0 Å². The number of aliphatic hydroxyl groups excluding tert-OH is 2. The van der Waals surface area contributed by atoms with Crippen molar-refractivity contribution in [1.29, 1.82) is 0 Å². The van der Waals surface area contributed by atoms with E-state index in [0.717, 1.165) is 32.3 Å². The number of aliphatic hydroxyl groups is 2. The summed E-state index contributed by atoms with van der Waals surface area (Å²) in [7, 11) is 0. The zero-order valence-electron chi connectivity index (χ0n) is 14.3. The van der Waals surface area contributed by atoms with Gasteiger partial charge in [0.1, 0.15) is 0 Å². The summed E-state index contributed by atoms with van der Waals surface area (Å²) in [4.78, 5) is 0. The number of hydrogen-bond acceptors (Lipinski definition) is 4. The van der Waals surface area contributed by atoms with E-state index in [1.165, 1.54) is 32.1 Å². The van der Waals surface area contributed by atoms with E-state index in [0.29, 0.717) is 12.0 Å². The van der Waals surface area contributed by atoms with Gasteiger partial charge in [-0.05, 0) is 58.3 Å². The van der Waals surface area contributed by atoms with E-state index in [9.17, 15) is 10.2 Å². The van der Waals surface area contributed by atoms with Crippen LogP contribution >= 0.6 is 0 Å². The minimum Gasteiger partial charge on any atom is -0.393 e. The first-order valence-electron chi connectivity index (χ1n) is 9.30. The Hall–Kier alpha value is -0.160. The fourth-order valence-corrected chi connectivity index (χ4v) is 3.96. The first-order valence-corrected chi connectivity index (χ1v) is 9.30. The number of ether oxygens (including phenoxy) is 1. The highest BCUT2D eigenvalue weighted by atomic mass is 16.5. The molecule has 2 aliphatic rings. The Labute approximate surface area is 135 Å². The molecule has 2 saturated carbocycles. The predicted molar refractivity (Wildman–Crippen MR) is 88.9 cm³/mol. The van der Waals surface area contributed by atoms with Gasteiger partial charge in [-0.2, -0.15) is 0 Å². The fourth-order valence-electron chi connectivity index (χ4n) is 3.96. The van der Waals surface area contributed by atoms with Crippen LogP contribution in [0.15, 0.2) is 0 Å². The van der Waals surface area contributed by atoms with Crippen LogP contribution in [0.1, 0.15) is 71.6 Å². The van der Waals surface area contributed by atoms with Gasteiger partial charge in [0, 0.05) is 12.1 Å². The molecule has 0 spiro atoms. The molecule has 0 aromatic heterocycles. The minimum atomic E-state index is -0.329. The Morgan fingerprint density at radius 1 is 1.00 bits per heavy atom. The molecule has 2 fully saturated rings. The maximum atomic E-state index is 10.5. The van der Waals surface area contributed by atoms with E-state index in [1.54, 1.807) is 0 Å². The van der Waals surface area contributed by atoms with E-state index in [4.69, 9.17) is 4.74 Å².